The van der Waals surface area contributed by atoms with E-state index in [4.69, 9.17) is 0 Å². The van der Waals surface area contributed by atoms with Crippen LogP contribution in [-0.2, 0) is 22.6 Å². The molecule has 7 nitrogen and oxygen atoms in total. The molecule has 4 rings (SSSR count). The molecule has 3 aromatic rings. The lowest BCUT2D eigenvalue weighted by Gasteiger charge is -2.36. The molecule has 0 bridgehead atoms. The number of carbonyl (C=O) groups excluding carboxylic acids is 2. The van der Waals surface area contributed by atoms with Crippen LogP contribution in [0.3, 0.4) is 0 Å². The van der Waals surface area contributed by atoms with Crippen LogP contribution in [-0.4, -0.2) is 37.5 Å². The van der Waals surface area contributed by atoms with Crippen LogP contribution in [0.4, 0.5) is 10.1 Å². The zero-order valence-electron chi connectivity index (χ0n) is 17.5. The Hall–Kier alpha value is -3.55. The second-order valence-corrected chi connectivity index (χ2v) is 8.10. The summed E-state index contributed by atoms with van der Waals surface area (Å²) >= 11 is 0. The predicted molar refractivity (Wildman–Crippen MR) is 114 cm³/mol. The highest BCUT2D eigenvalue weighted by Gasteiger charge is 2.34. The molecule has 1 aliphatic rings. The van der Waals surface area contributed by atoms with Gasteiger partial charge in [0.05, 0.1) is 0 Å². The smallest absolute Gasteiger partial charge is 0.247 e. The normalized spacial score (nSPS) is 15.6. The molecule has 1 N–H and O–H groups in total. The third-order valence-electron chi connectivity index (χ3n) is 5.34. The lowest BCUT2D eigenvalue weighted by Crippen LogP contribution is -2.50. The minimum Gasteiger partial charge on any atom is -0.326 e. The topological polar surface area (TPSA) is 80.1 Å². The van der Waals surface area contributed by atoms with E-state index in [1.165, 1.54) is 29.5 Å². The van der Waals surface area contributed by atoms with Crippen molar-refractivity contribution >= 4 is 17.5 Å². The van der Waals surface area contributed by atoms with E-state index < -0.39 is 11.9 Å². The number of fused-ring (bicyclic) bond motifs is 1. The molecular weight excluding hydrogens is 397 g/mol. The molecule has 0 saturated heterocycles. The quantitative estimate of drug-likeness (QED) is 0.685. The van der Waals surface area contributed by atoms with Crippen molar-refractivity contribution in [1.82, 2.24) is 19.7 Å². The van der Waals surface area contributed by atoms with E-state index in [-0.39, 0.29) is 23.4 Å². The van der Waals surface area contributed by atoms with Gasteiger partial charge in [-0.25, -0.2) is 14.1 Å². The van der Waals surface area contributed by atoms with Gasteiger partial charge in [0.25, 0.3) is 0 Å². The summed E-state index contributed by atoms with van der Waals surface area (Å²) in [6.45, 7) is 4.34. The molecule has 0 spiro atoms. The van der Waals surface area contributed by atoms with Crippen molar-refractivity contribution in [2.24, 2.45) is 5.92 Å². The summed E-state index contributed by atoms with van der Waals surface area (Å²) in [5.74, 6) is -0.742. The van der Waals surface area contributed by atoms with E-state index >= 15 is 0 Å². The molecule has 1 unspecified atom stereocenters. The van der Waals surface area contributed by atoms with Crippen LogP contribution in [0.5, 0.6) is 0 Å². The number of halogens is 1. The van der Waals surface area contributed by atoms with Crippen molar-refractivity contribution in [2.75, 3.05) is 5.32 Å². The SMILES string of the molecule is CC(C)CC(=O)N1Cc2ccccc2CC1C(=O)Nc1ccc(-n2cncn2)c(F)c1. The Morgan fingerprint density at radius 1 is 1.19 bits per heavy atom. The average Bonchev–Trinajstić information content (AvgIpc) is 3.27. The monoisotopic (exact) mass is 421 g/mol. The van der Waals surface area contributed by atoms with E-state index in [1.54, 1.807) is 11.0 Å². The second kappa shape index (κ2) is 8.67. The van der Waals surface area contributed by atoms with Gasteiger partial charge in [-0.3, -0.25) is 9.59 Å². The van der Waals surface area contributed by atoms with E-state index in [9.17, 15) is 14.0 Å². The van der Waals surface area contributed by atoms with Crippen molar-refractivity contribution in [3.05, 3.63) is 72.1 Å². The molecule has 160 valence electrons. The van der Waals surface area contributed by atoms with E-state index in [0.717, 1.165) is 11.1 Å². The van der Waals surface area contributed by atoms with Crippen LogP contribution in [0.25, 0.3) is 5.69 Å². The Balaban J connectivity index is 1.56. The first-order valence-electron chi connectivity index (χ1n) is 10.2. The second-order valence-electron chi connectivity index (χ2n) is 8.10. The van der Waals surface area contributed by atoms with E-state index in [1.807, 2.05) is 38.1 Å². The molecule has 2 heterocycles. The van der Waals surface area contributed by atoms with Crippen LogP contribution in [0.1, 0.15) is 31.4 Å². The number of nitrogens with zero attached hydrogens (tertiary/aromatic N) is 4. The summed E-state index contributed by atoms with van der Waals surface area (Å²) in [6, 6.07) is 11.5. The van der Waals surface area contributed by atoms with Crippen molar-refractivity contribution in [3.63, 3.8) is 0 Å². The Labute approximate surface area is 179 Å². The number of benzene rings is 2. The summed E-state index contributed by atoms with van der Waals surface area (Å²) in [5, 5.41) is 6.70. The highest BCUT2D eigenvalue weighted by atomic mass is 19.1. The lowest BCUT2D eigenvalue weighted by atomic mass is 9.92. The fourth-order valence-corrected chi connectivity index (χ4v) is 3.81. The van der Waals surface area contributed by atoms with Crippen LogP contribution >= 0.6 is 0 Å². The van der Waals surface area contributed by atoms with Crippen molar-refractivity contribution < 1.29 is 14.0 Å². The van der Waals surface area contributed by atoms with Crippen molar-refractivity contribution in [3.8, 4) is 5.69 Å². The maximum absolute atomic E-state index is 14.5. The van der Waals surface area contributed by atoms with Gasteiger partial charge in [0.2, 0.25) is 11.8 Å². The number of hydrogen-bond donors (Lipinski definition) is 1. The molecule has 0 saturated carbocycles. The minimum absolute atomic E-state index is 0.0580. The van der Waals surface area contributed by atoms with Gasteiger partial charge in [0, 0.05) is 25.1 Å². The Morgan fingerprint density at radius 3 is 2.65 bits per heavy atom. The van der Waals surface area contributed by atoms with Gasteiger partial charge in [-0.05, 0) is 35.2 Å². The zero-order chi connectivity index (χ0) is 22.0. The first kappa shape index (κ1) is 20.7. The third kappa shape index (κ3) is 4.47. The number of amides is 2. The maximum Gasteiger partial charge on any atom is 0.247 e. The van der Waals surface area contributed by atoms with Gasteiger partial charge in [-0.15, -0.1) is 0 Å². The summed E-state index contributed by atoms with van der Waals surface area (Å²) in [7, 11) is 0. The summed E-state index contributed by atoms with van der Waals surface area (Å²) in [5.41, 5.74) is 2.65. The first-order valence-corrected chi connectivity index (χ1v) is 10.2. The van der Waals surface area contributed by atoms with Crippen LogP contribution in [0.2, 0.25) is 0 Å². The van der Waals surface area contributed by atoms with E-state index in [0.29, 0.717) is 25.1 Å². The van der Waals surface area contributed by atoms with Gasteiger partial charge < -0.3 is 10.2 Å². The van der Waals surface area contributed by atoms with E-state index in [2.05, 4.69) is 15.4 Å². The largest absolute Gasteiger partial charge is 0.326 e. The summed E-state index contributed by atoms with van der Waals surface area (Å²) in [6.07, 6.45) is 3.51. The Kier molecular flexibility index (Phi) is 5.79. The number of anilines is 1. The molecule has 1 aliphatic heterocycles. The third-order valence-corrected chi connectivity index (χ3v) is 5.34. The molecule has 2 amide bonds. The van der Waals surface area contributed by atoms with Crippen LogP contribution in [0, 0.1) is 11.7 Å². The number of nitrogens with one attached hydrogen (secondary N) is 1. The molecule has 31 heavy (non-hydrogen) atoms. The fourth-order valence-electron chi connectivity index (χ4n) is 3.81. The van der Waals surface area contributed by atoms with Crippen molar-refractivity contribution in [2.45, 2.75) is 39.3 Å². The lowest BCUT2D eigenvalue weighted by molar-refractivity contribution is -0.140. The Morgan fingerprint density at radius 2 is 1.97 bits per heavy atom. The molecule has 0 radical (unpaired) electrons. The number of hydrogen-bond acceptors (Lipinski definition) is 4. The van der Waals surface area contributed by atoms with Gasteiger partial charge >= 0.3 is 0 Å². The predicted octanol–water partition coefficient (Wildman–Crippen LogP) is 3.34. The Bertz CT molecular complexity index is 1100. The number of carbonyl (C=O) groups is 2. The summed E-state index contributed by atoms with van der Waals surface area (Å²) < 4.78 is 15.9. The average molecular weight is 421 g/mol. The molecule has 0 aliphatic carbocycles. The maximum atomic E-state index is 14.5. The van der Waals surface area contributed by atoms with Crippen molar-refractivity contribution in [1.29, 1.82) is 0 Å². The summed E-state index contributed by atoms with van der Waals surface area (Å²) in [4.78, 5) is 31.5. The molecular formula is C23H24FN5O2. The number of rotatable bonds is 5. The highest BCUT2D eigenvalue weighted by Crippen LogP contribution is 2.26. The highest BCUT2D eigenvalue weighted by molar-refractivity contribution is 5.97. The van der Waals surface area contributed by atoms with Gasteiger partial charge in [-0.1, -0.05) is 38.1 Å². The molecule has 2 aromatic carbocycles. The van der Waals surface area contributed by atoms with Gasteiger partial charge in [0.15, 0.2) is 5.82 Å². The van der Waals surface area contributed by atoms with Crippen LogP contribution in [0.15, 0.2) is 55.1 Å². The van der Waals surface area contributed by atoms with Crippen LogP contribution < -0.4 is 5.32 Å². The first-order chi connectivity index (χ1) is 14.9. The fraction of sp³-hybridized carbons (Fsp3) is 0.304. The van der Waals surface area contributed by atoms with Gasteiger partial charge in [-0.2, -0.15) is 5.10 Å². The molecule has 8 heteroatoms. The molecule has 0 fully saturated rings. The van der Waals surface area contributed by atoms with Gasteiger partial charge in [0.1, 0.15) is 24.4 Å². The number of aromatic nitrogens is 3. The molecule has 1 aromatic heterocycles. The molecule has 1 atom stereocenters. The minimum atomic E-state index is -0.654. The zero-order valence-corrected chi connectivity index (χ0v) is 17.5. The standard InChI is InChI=1S/C23H24FN5O2/c1-15(2)9-22(30)28-12-17-6-4-3-5-16(17)10-21(28)23(31)27-18-7-8-20(19(24)11-18)29-14-25-13-26-29/h3-8,11,13-15,21H,9-10,12H2,1-2H3,(H,27,31).